The lowest BCUT2D eigenvalue weighted by Crippen LogP contribution is -2.37. The fourth-order valence-corrected chi connectivity index (χ4v) is 7.70. The van der Waals surface area contributed by atoms with Gasteiger partial charge in [-0.2, -0.15) is 13.2 Å². The zero-order chi connectivity index (χ0) is 21.8. The van der Waals surface area contributed by atoms with Gasteiger partial charge < -0.3 is 0 Å². The molecule has 154 valence electrons. The van der Waals surface area contributed by atoms with Crippen LogP contribution >= 0.6 is 19.5 Å². The third-order valence-electron chi connectivity index (χ3n) is 4.69. The van der Waals surface area contributed by atoms with E-state index < -0.39 is 29.9 Å². The fourth-order valence-electron chi connectivity index (χ4n) is 3.34. The molecule has 3 rings (SSSR count). The summed E-state index contributed by atoms with van der Waals surface area (Å²) in [6, 6.07) is 27.0. The van der Waals surface area contributed by atoms with E-state index in [0.29, 0.717) is 0 Å². The summed E-state index contributed by atoms with van der Waals surface area (Å²) in [5, 5.41) is 1.07. The predicted molar refractivity (Wildman–Crippen MR) is 120 cm³/mol. The van der Waals surface area contributed by atoms with E-state index >= 15 is 0 Å². The van der Waals surface area contributed by atoms with Crippen molar-refractivity contribution in [3.8, 4) is 0 Å². The molecule has 0 amide bonds. The number of halogens is 3. The standard InChI is InChI=1S/C23H18F3O2PS/c24-23(25,26)21(27)20(22(28)30)16-29(17-10-4-1-5-11-17,18-12-6-2-7-13-18)19-14-8-3-9-15-19/h1-16,20H,(H,28,30). The minimum Gasteiger partial charge on any atom is -0.288 e. The maximum atomic E-state index is 13.3. The minimum absolute atomic E-state index is 0.733. The second-order valence-corrected chi connectivity index (χ2v) is 10.3. The Hall–Kier alpha value is -2.56. The molecule has 0 aliphatic heterocycles. The summed E-state index contributed by atoms with van der Waals surface area (Å²) in [6.07, 6.45) is -5.15. The number of rotatable bonds is 6. The lowest BCUT2D eigenvalue weighted by Gasteiger charge is -2.30. The van der Waals surface area contributed by atoms with Crippen molar-refractivity contribution in [3.05, 3.63) is 91.0 Å². The van der Waals surface area contributed by atoms with Gasteiger partial charge in [-0.1, -0.05) is 96.8 Å². The van der Waals surface area contributed by atoms with Gasteiger partial charge in [0, 0.05) is 0 Å². The monoisotopic (exact) mass is 446 g/mol. The van der Waals surface area contributed by atoms with Crippen LogP contribution in [-0.2, 0) is 9.59 Å². The molecule has 3 aromatic rings. The third kappa shape index (κ3) is 4.45. The van der Waals surface area contributed by atoms with Crippen LogP contribution in [0.15, 0.2) is 91.0 Å². The highest BCUT2D eigenvalue weighted by Gasteiger charge is 2.46. The largest absolute Gasteiger partial charge is 0.451 e. The second-order valence-electron chi connectivity index (χ2n) is 6.56. The topological polar surface area (TPSA) is 34.1 Å². The van der Waals surface area contributed by atoms with Gasteiger partial charge in [-0.05, 0) is 22.8 Å². The van der Waals surface area contributed by atoms with Crippen molar-refractivity contribution in [2.75, 3.05) is 0 Å². The number of benzene rings is 3. The Morgan fingerprint density at radius 1 is 0.733 bits per heavy atom. The van der Waals surface area contributed by atoms with Crippen molar-refractivity contribution in [3.63, 3.8) is 0 Å². The summed E-state index contributed by atoms with van der Waals surface area (Å²) < 4.78 is 39.9. The maximum absolute atomic E-state index is 13.3. The summed E-state index contributed by atoms with van der Waals surface area (Å²) in [5.41, 5.74) is 0. The number of thiol groups is 1. The van der Waals surface area contributed by atoms with Crippen LogP contribution in [0, 0.1) is 5.92 Å². The zero-order valence-electron chi connectivity index (χ0n) is 15.7. The molecule has 30 heavy (non-hydrogen) atoms. The van der Waals surface area contributed by atoms with Crippen LogP contribution in [0.1, 0.15) is 0 Å². The first-order valence-electron chi connectivity index (χ1n) is 9.02. The van der Waals surface area contributed by atoms with Gasteiger partial charge >= 0.3 is 6.18 Å². The van der Waals surface area contributed by atoms with E-state index in [9.17, 15) is 22.8 Å². The molecular weight excluding hydrogens is 428 g/mol. The first kappa shape index (κ1) is 22.1. The number of hydrogen-bond acceptors (Lipinski definition) is 2. The number of carbonyl (C=O) groups is 2. The van der Waals surface area contributed by atoms with Crippen LogP contribution in [0.25, 0.3) is 0 Å². The smallest absolute Gasteiger partial charge is 0.288 e. The first-order valence-corrected chi connectivity index (χ1v) is 11.3. The Kier molecular flexibility index (Phi) is 6.69. The average molecular weight is 446 g/mol. The highest BCUT2D eigenvalue weighted by molar-refractivity contribution is 7.97. The maximum Gasteiger partial charge on any atom is 0.451 e. The fraction of sp³-hybridized carbons (Fsp3) is 0.0870. The Bertz CT molecular complexity index is 978. The summed E-state index contributed by atoms with van der Waals surface area (Å²) in [4.78, 5) is 24.3. The average Bonchev–Trinajstić information content (AvgIpc) is 2.75. The Labute approximate surface area is 178 Å². The van der Waals surface area contributed by atoms with Crippen LogP contribution in [0.5, 0.6) is 0 Å². The highest BCUT2D eigenvalue weighted by atomic mass is 32.1. The number of ketones is 1. The molecule has 0 aliphatic carbocycles. The van der Waals surface area contributed by atoms with Gasteiger partial charge in [0.05, 0.1) is 0 Å². The third-order valence-corrected chi connectivity index (χ3v) is 9.05. The lowest BCUT2D eigenvalue weighted by molar-refractivity contribution is -0.173. The van der Waals surface area contributed by atoms with Gasteiger partial charge in [-0.15, -0.1) is 12.6 Å². The van der Waals surface area contributed by atoms with Gasteiger partial charge in [-0.25, -0.2) is 0 Å². The van der Waals surface area contributed by atoms with Crippen molar-refractivity contribution in [1.82, 2.24) is 0 Å². The van der Waals surface area contributed by atoms with Crippen LogP contribution in [0.2, 0.25) is 0 Å². The number of alkyl halides is 3. The molecule has 0 aromatic heterocycles. The molecule has 0 bridgehead atoms. The molecular formula is C23H18F3O2PS. The zero-order valence-corrected chi connectivity index (χ0v) is 17.4. The second kappa shape index (κ2) is 9.07. The van der Waals surface area contributed by atoms with Gasteiger partial charge in [0.1, 0.15) is 5.92 Å². The van der Waals surface area contributed by atoms with E-state index in [4.69, 9.17) is 0 Å². The van der Waals surface area contributed by atoms with Crippen LogP contribution in [-0.4, -0.2) is 22.9 Å². The van der Waals surface area contributed by atoms with Crippen molar-refractivity contribution in [1.29, 1.82) is 0 Å². The van der Waals surface area contributed by atoms with Crippen molar-refractivity contribution in [2.45, 2.75) is 6.18 Å². The number of Topliss-reactive ketones (excluding diaryl/α,β-unsaturated/α-hetero) is 1. The summed E-state index contributed by atoms with van der Waals surface area (Å²) in [6.45, 7) is -2.90. The number of carbonyl (C=O) groups excluding carboxylic acids is 2. The normalized spacial score (nSPS) is 12.8. The Balaban J connectivity index is 2.46. The van der Waals surface area contributed by atoms with Crippen molar-refractivity contribution >= 4 is 52.1 Å². The summed E-state index contributed by atoms with van der Waals surface area (Å²) in [7, 11) is 0. The SMILES string of the molecule is O=C(S)C(C=P(c1ccccc1)(c1ccccc1)c1ccccc1)C(=O)C(F)(F)F. The molecule has 0 N–H and O–H groups in total. The predicted octanol–water partition coefficient (Wildman–Crippen LogP) is 3.99. The molecule has 0 saturated heterocycles. The quantitative estimate of drug-likeness (QED) is 0.353. The first-order chi connectivity index (χ1) is 14.3. The van der Waals surface area contributed by atoms with E-state index in [-0.39, 0.29) is 0 Å². The van der Waals surface area contributed by atoms with E-state index in [1.54, 1.807) is 54.6 Å². The molecule has 7 heteroatoms. The number of hydrogen-bond donors (Lipinski definition) is 1. The van der Waals surface area contributed by atoms with Gasteiger partial charge in [0.25, 0.3) is 5.78 Å². The van der Waals surface area contributed by atoms with Crippen LogP contribution in [0.4, 0.5) is 13.2 Å². The van der Waals surface area contributed by atoms with Gasteiger partial charge in [0.2, 0.25) is 5.12 Å². The Morgan fingerprint density at radius 3 is 1.33 bits per heavy atom. The highest BCUT2D eigenvalue weighted by Crippen LogP contribution is 2.45. The van der Waals surface area contributed by atoms with Crippen molar-refractivity contribution in [2.24, 2.45) is 5.92 Å². The van der Waals surface area contributed by atoms with E-state index in [1.165, 1.54) is 5.80 Å². The van der Waals surface area contributed by atoms with Gasteiger partial charge in [-0.3, -0.25) is 9.59 Å². The molecule has 1 atom stereocenters. The minimum atomic E-state index is -5.15. The molecule has 0 radical (unpaired) electrons. The van der Waals surface area contributed by atoms with E-state index in [1.807, 2.05) is 36.4 Å². The molecule has 0 fully saturated rings. The summed E-state index contributed by atoms with van der Waals surface area (Å²) in [5.74, 6) is -2.87. The molecule has 2 nitrogen and oxygen atoms in total. The van der Waals surface area contributed by atoms with Gasteiger partial charge in [0.15, 0.2) is 0 Å². The molecule has 3 aromatic carbocycles. The summed E-state index contributed by atoms with van der Waals surface area (Å²) >= 11 is 3.64. The van der Waals surface area contributed by atoms with Crippen LogP contribution in [0.3, 0.4) is 0 Å². The van der Waals surface area contributed by atoms with Crippen molar-refractivity contribution < 1.29 is 22.8 Å². The molecule has 1 unspecified atom stereocenters. The molecule has 0 heterocycles. The molecule has 0 aliphatic rings. The lowest BCUT2D eigenvalue weighted by atomic mass is 10.1. The van der Waals surface area contributed by atoms with E-state index in [0.717, 1.165) is 15.9 Å². The van der Waals surface area contributed by atoms with Crippen LogP contribution < -0.4 is 15.9 Å². The molecule has 0 saturated carbocycles. The Morgan fingerprint density at radius 2 is 1.07 bits per heavy atom. The molecule has 0 spiro atoms. The van der Waals surface area contributed by atoms with E-state index in [2.05, 4.69) is 12.6 Å².